The van der Waals surface area contributed by atoms with Crippen LogP contribution in [-0.4, -0.2) is 43.2 Å². The molecule has 1 atom stereocenters. The summed E-state index contributed by atoms with van der Waals surface area (Å²) in [5.74, 6) is 0.463. The number of piperidine rings is 1. The second-order valence-electron chi connectivity index (χ2n) is 4.87. The highest BCUT2D eigenvalue weighted by molar-refractivity contribution is 5.80. The van der Waals surface area contributed by atoms with Crippen molar-refractivity contribution in [1.82, 2.24) is 4.90 Å². The number of rotatable bonds is 3. The summed E-state index contributed by atoms with van der Waals surface area (Å²) in [5, 5.41) is 0. The van der Waals surface area contributed by atoms with Crippen molar-refractivity contribution >= 4 is 5.97 Å². The lowest BCUT2D eigenvalue weighted by molar-refractivity contribution is -0.147. The van der Waals surface area contributed by atoms with Crippen LogP contribution in [-0.2, 0) is 9.53 Å². The monoisotopic (exact) mass is 214 g/mol. The first-order valence-electron chi connectivity index (χ1n) is 5.55. The fraction of sp³-hybridized carbons (Fsp3) is 0.909. The number of ether oxygens (including phenoxy) is 1. The van der Waals surface area contributed by atoms with Gasteiger partial charge >= 0.3 is 5.97 Å². The zero-order chi connectivity index (χ0) is 11.5. The van der Waals surface area contributed by atoms with Gasteiger partial charge in [-0.05, 0) is 38.8 Å². The van der Waals surface area contributed by atoms with Gasteiger partial charge in [-0.1, -0.05) is 6.92 Å². The lowest BCUT2D eigenvalue weighted by atomic mass is 9.96. The molecule has 15 heavy (non-hydrogen) atoms. The quantitative estimate of drug-likeness (QED) is 0.699. The summed E-state index contributed by atoms with van der Waals surface area (Å²) in [6.45, 7) is 6.65. The van der Waals surface area contributed by atoms with E-state index in [1.165, 1.54) is 20.0 Å². The van der Waals surface area contributed by atoms with E-state index in [0.717, 1.165) is 19.0 Å². The number of hydrogen-bond acceptors (Lipinski definition) is 4. The number of likely N-dealkylation sites (tertiary alicyclic amines) is 1. The Hall–Kier alpha value is -0.610. The highest BCUT2D eigenvalue weighted by Crippen LogP contribution is 2.17. The molecule has 1 rings (SSSR count). The van der Waals surface area contributed by atoms with Crippen molar-refractivity contribution in [3.05, 3.63) is 0 Å². The lowest BCUT2D eigenvalue weighted by Gasteiger charge is -2.34. The van der Waals surface area contributed by atoms with Crippen LogP contribution >= 0.6 is 0 Å². The van der Waals surface area contributed by atoms with Gasteiger partial charge in [-0.25, -0.2) is 0 Å². The molecule has 0 aromatic heterocycles. The molecule has 1 fully saturated rings. The molecule has 0 aromatic carbocycles. The first-order valence-corrected chi connectivity index (χ1v) is 5.55. The minimum Gasteiger partial charge on any atom is -0.468 e. The Morgan fingerprint density at radius 1 is 1.53 bits per heavy atom. The molecular weight excluding hydrogens is 192 g/mol. The van der Waals surface area contributed by atoms with Gasteiger partial charge in [-0.15, -0.1) is 0 Å². The summed E-state index contributed by atoms with van der Waals surface area (Å²) in [6, 6.07) is 0. The number of nitrogens with two attached hydrogens (primary N) is 1. The third kappa shape index (κ3) is 3.47. The Labute approximate surface area is 91.8 Å². The maximum Gasteiger partial charge on any atom is 0.326 e. The number of carbonyl (C=O) groups is 1. The van der Waals surface area contributed by atoms with Gasteiger partial charge in [0, 0.05) is 6.54 Å². The van der Waals surface area contributed by atoms with E-state index >= 15 is 0 Å². The highest BCUT2D eigenvalue weighted by Gasteiger charge is 2.32. The molecule has 2 N–H and O–H groups in total. The number of nitrogens with zero attached hydrogens (tertiary/aromatic N) is 1. The second-order valence-corrected chi connectivity index (χ2v) is 4.87. The van der Waals surface area contributed by atoms with Crippen molar-refractivity contribution in [1.29, 1.82) is 0 Å². The summed E-state index contributed by atoms with van der Waals surface area (Å²) in [4.78, 5) is 13.6. The molecule has 0 bridgehead atoms. The molecule has 0 amide bonds. The topological polar surface area (TPSA) is 55.6 Å². The number of methoxy groups -OCH3 is 1. The van der Waals surface area contributed by atoms with Gasteiger partial charge in [0.05, 0.1) is 7.11 Å². The van der Waals surface area contributed by atoms with Crippen LogP contribution in [0.2, 0.25) is 0 Å². The Balaban J connectivity index is 2.43. The van der Waals surface area contributed by atoms with Crippen molar-refractivity contribution in [2.24, 2.45) is 11.7 Å². The third-order valence-electron chi connectivity index (χ3n) is 3.08. The molecule has 0 aromatic rings. The molecule has 1 heterocycles. The minimum atomic E-state index is -0.880. The van der Waals surface area contributed by atoms with E-state index in [1.54, 1.807) is 6.92 Å². The highest BCUT2D eigenvalue weighted by atomic mass is 16.5. The molecule has 4 heteroatoms. The number of esters is 1. The smallest absolute Gasteiger partial charge is 0.326 e. The molecule has 0 spiro atoms. The van der Waals surface area contributed by atoms with Gasteiger partial charge in [-0.2, -0.15) is 0 Å². The van der Waals surface area contributed by atoms with E-state index in [-0.39, 0.29) is 5.97 Å². The normalized spacial score (nSPS) is 23.5. The van der Waals surface area contributed by atoms with Crippen molar-refractivity contribution < 1.29 is 9.53 Å². The van der Waals surface area contributed by atoms with Gasteiger partial charge in [0.2, 0.25) is 0 Å². The van der Waals surface area contributed by atoms with Gasteiger partial charge in [-0.3, -0.25) is 4.79 Å². The van der Waals surface area contributed by atoms with Crippen molar-refractivity contribution in [2.75, 3.05) is 26.7 Å². The Kier molecular flexibility index (Phi) is 4.11. The van der Waals surface area contributed by atoms with Crippen molar-refractivity contribution in [3.8, 4) is 0 Å². The average molecular weight is 214 g/mol. The van der Waals surface area contributed by atoms with E-state index in [9.17, 15) is 4.79 Å². The summed E-state index contributed by atoms with van der Waals surface area (Å²) in [5.41, 5.74) is 5.04. The van der Waals surface area contributed by atoms with Gasteiger partial charge in [0.15, 0.2) is 0 Å². The average Bonchev–Trinajstić information content (AvgIpc) is 2.20. The van der Waals surface area contributed by atoms with Crippen LogP contribution < -0.4 is 5.73 Å². The fourth-order valence-corrected chi connectivity index (χ4v) is 1.98. The van der Waals surface area contributed by atoms with Crippen LogP contribution in [0.1, 0.15) is 26.7 Å². The summed E-state index contributed by atoms with van der Waals surface area (Å²) >= 11 is 0. The van der Waals surface area contributed by atoms with Gasteiger partial charge in [0.25, 0.3) is 0 Å². The number of hydrogen-bond donors (Lipinski definition) is 1. The van der Waals surface area contributed by atoms with Crippen LogP contribution in [0.5, 0.6) is 0 Å². The maximum absolute atomic E-state index is 11.4. The van der Waals surface area contributed by atoms with E-state index in [1.807, 2.05) is 0 Å². The van der Waals surface area contributed by atoms with Crippen molar-refractivity contribution in [3.63, 3.8) is 0 Å². The molecule has 4 nitrogen and oxygen atoms in total. The standard InChI is InChI=1S/C11H22N2O2/c1-9-4-6-13(7-5-9)8-11(2,12)10(14)15-3/h9H,4-8,12H2,1-3H3. The SMILES string of the molecule is COC(=O)C(C)(N)CN1CCC(C)CC1. The Morgan fingerprint density at radius 3 is 2.53 bits per heavy atom. The summed E-state index contributed by atoms with van der Waals surface area (Å²) < 4.78 is 4.69. The van der Waals surface area contributed by atoms with Crippen LogP contribution in [0, 0.1) is 5.92 Å². The summed E-state index contributed by atoms with van der Waals surface area (Å²) in [6.07, 6.45) is 2.38. The molecule has 0 aliphatic carbocycles. The zero-order valence-electron chi connectivity index (χ0n) is 9.95. The predicted octanol–water partition coefficient (Wildman–Crippen LogP) is 0.609. The molecule has 1 saturated heterocycles. The first-order chi connectivity index (χ1) is 6.95. The summed E-state index contributed by atoms with van der Waals surface area (Å²) in [7, 11) is 1.38. The Bertz CT molecular complexity index is 221. The second kappa shape index (κ2) is 4.94. The maximum atomic E-state index is 11.4. The fourth-order valence-electron chi connectivity index (χ4n) is 1.98. The molecule has 1 aliphatic heterocycles. The minimum absolute atomic E-state index is 0.332. The largest absolute Gasteiger partial charge is 0.468 e. The predicted molar refractivity (Wildman–Crippen MR) is 59.4 cm³/mol. The Morgan fingerprint density at radius 2 is 2.07 bits per heavy atom. The molecule has 1 aliphatic rings. The van der Waals surface area contributed by atoms with Crippen LogP contribution in [0.25, 0.3) is 0 Å². The van der Waals surface area contributed by atoms with Crippen molar-refractivity contribution in [2.45, 2.75) is 32.2 Å². The third-order valence-corrected chi connectivity index (χ3v) is 3.08. The van der Waals surface area contributed by atoms with E-state index in [4.69, 9.17) is 5.73 Å². The number of carbonyl (C=O) groups excluding carboxylic acids is 1. The van der Waals surface area contributed by atoms with E-state index in [0.29, 0.717) is 6.54 Å². The van der Waals surface area contributed by atoms with Gasteiger partial charge in [0.1, 0.15) is 5.54 Å². The van der Waals surface area contributed by atoms with E-state index < -0.39 is 5.54 Å². The zero-order valence-corrected chi connectivity index (χ0v) is 9.95. The van der Waals surface area contributed by atoms with E-state index in [2.05, 4.69) is 16.6 Å². The van der Waals surface area contributed by atoms with Crippen LogP contribution in [0.15, 0.2) is 0 Å². The molecule has 1 unspecified atom stereocenters. The van der Waals surface area contributed by atoms with Crippen LogP contribution in [0.4, 0.5) is 0 Å². The first kappa shape index (κ1) is 12.5. The van der Waals surface area contributed by atoms with Gasteiger partial charge < -0.3 is 15.4 Å². The van der Waals surface area contributed by atoms with Crippen LogP contribution in [0.3, 0.4) is 0 Å². The lowest BCUT2D eigenvalue weighted by Crippen LogP contribution is -2.55. The molecular formula is C11H22N2O2. The molecule has 0 saturated carbocycles. The molecule has 88 valence electrons. The molecule has 0 radical (unpaired) electrons.